The summed E-state index contributed by atoms with van der Waals surface area (Å²) in [5.41, 5.74) is 2.75. The molecule has 0 fully saturated rings. The third kappa shape index (κ3) is 3.98. The second-order valence-corrected chi connectivity index (χ2v) is 7.55. The summed E-state index contributed by atoms with van der Waals surface area (Å²) in [5, 5.41) is 8.95. The summed E-state index contributed by atoms with van der Waals surface area (Å²) < 4.78 is 18.3. The molecule has 0 saturated carbocycles. The van der Waals surface area contributed by atoms with Gasteiger partial charge in [-0.25, -0.2) is 4.68 Å². The van der Waals surface area contributed by atoms with Crippen molar-refractivity contribution in [2.75, 3.05) is 27.9 Å². The van der Waals surface area contributed by atoms with Crippen LogP contribution >= 0.6 is 22.7 Å². The van der Waals surface area contributed by atoms with Crippen LogP contribution in [0.1, 0.15) is 18.7 Å². The Hall–Kier alpha value is -2.58. The van der Waals surface area contributed by atoms with Crippen molar-refractivity contribution in [3.63, 3.8) is 0 Å². The van der Waals surface area contributed by atoms with Crippen LogP contribution in [0.2, 0.25) is 0 Å². The number of hydrogen-bond donors (Lipinski definition) is 0. The Morgan fingerprint density at radius 1 is 1.07 bits per heavy atom. The first-order chi connectivity index (χ1) is 13.6. The molecule has 8 heteroatoms. The van der Waals surface area contributed by atoms with Crippen LogP contribution < -0.4 is 19.0 Å². The number of ether oxygens (including phenoxy) is 3. The molecule has 0 unspecified atom stereocenters. The molecule has 0 radical (unpaired) electrons. The van der Waals surface area contributed by atoms with Gasteiger partial charge in [-0.05, 0) is 37.4 Å². The summed E-state index contributed by atoms with van der Waals surface area (Å²) in [6, 6.07) is 7.93. The average molecular weight is 418 g/mol. The lowest BCUT2D eigenvalue weighted by atomic mass is 10.1. The van der Waals surface area contributed by atoms with Gasteiger partial charge >= 0.3 is 0 Å². The lowest BCUT2D eigenvalue weighted by Crippen LogP contribution is -2.14. The monoisotopic (exact) mass is 417 g/mol. The first-order valence-electron chi connectivity index (χ1n) is 8.73. The highest BCUT2D eigenvalue weighted by atomic mass is 32.1. The Balaban J connectivity index is 2.21. The quantitative estimate of drug-likeness (QED) is 0.532. The van der Waals surface area contributed by atoms with E-state index in [2.05, 4.69) is 11.1 Å². The molecular formula is C20H23N3O3S2. The molecule has 6 nitrogen and oxygen atoms in total. The van der Waals surface area contributed by atoms with E-state index in [-0.39, 0.29) is 0 Å². The number of thiazole rings is 1. The van der Waals surface area contributed by atoms with Gasteiger partial charge < -0.3 is 14.2 Å². The van der Waals surface area contributed by atoms with E-state index in [4.69, 9.17) is 19.3 Å². The molecule has 3 rings (SSSR count). The average Bonchev–Trinajstić information content (AvgIpc) is 3.38. The summed E-state index contributed by atoms with van der Waals surface area (Å²) >= 11 is 3.21. The summed E-state index contributed by atoms with van der Waals surface area (Å²) in [4.78, 5) is 6.55. The summed E-state index contributed by atoms with van der Waals surface area (Å²) in [6.45, 7) is 4.70. The lowest BCUT2D eigenvalue weighted by molar-refractivity contribution is 0.324. The van der Waals surface area contributed by atoms with E-state index in [9.17, 15) is 0 Å². The highest BCUT2D eigenvalue weighted by Crippen LogP contribution is 2.41. The molecule has 0 aliphatic heterocycles. The van der Waals surface area contributed by atoms with E-state index in [1.54, 1.807) is 44.0 Å². The third-order valence-electron chi connectivity index (χ3n) is 4.07. The minimum atomic E-state index is 0.562. The standard InChI is InChI=1S/C20H23N3O3S2/c1-6-21-20-23(22-13(2)18-8-7-9-27-18)15(12-28-20)14-10-16(24-3)19(26-5)17(11-14)25-4/h7-12H,6H2,1-5H3. The van der Waals surface area contributed by atoms with Gasteiger partial charge in [0.1, 0.15) is 0 Å². The molecule has 148 valence electrons. The Kier molecular flexibility index (Phi) is 6.53. The van der Waals surface area contributed by atoms with Crippen molar-refractivity contribution >= 4 is 28.4 Å². The van der Waals surface area contributed by atoms with E-state index in [1.807, 2.05) is 47.5 Å². The van der Waals surface area contributed by atoms with Crippen LogP contribution in [0.3, 0.4) is 0 Å². The maximum absolute atomic E-state index is 5.51. The Labute approximate surface area is 172 Å². The normalized spacial score (nSPS) is 12.3. The maximum atomic E-state index is 5.51. The number of hydrogen-bond acceptors (Lipinski definition) is 7. The third-order valence-corrected chi connectivity index (χ3v) is 5.90. The molecule has 2 heterocycles. The molecule has 0 saturated heterocycles. The number of benzene rings is 1. The zero-order valence-electron chi connectivity index (χ0n) is 16.6. The van der Waals surface area contributed by atoms with Crippen molar-refractivity contribution in [3.8, 4) is 28.5 Å². The topological polar surface area (TPSA) is 57.3 Å². The molecule has 0 bridgehead atoms. The number of rotatable bonds is 7. The smallest absolute Gasteiger partial charge is 0.206 e. The maximum Gasteiger partial charge on any atom is 0.206 e. The van der Waals surface area contributed by atoms with Gasteiger partial charge in [0.25, 0.3) is 0 Å². The minimum Gasteiger partial charge on any atom is -0.493 e. The predicted molar refractivity (Wildman–Crippen MR) is 115 cm³/mol. The van der Waals surface area contributed by atoms with E-state index >= 15 is 0 Å². The number of thiophene rings is 1. The van der Waals surface area contributed by atoms with Gasteiger partial charge in [-0.2, -0.15) is 5.10 Å². The molecular weight excluding hydrogens is 394 g/mol. The SMILES string of the molecule is CCN=c1scc(-c2cc(OC)c(OC)c(OC)c2)n1N=C(C)c1cccs1. The van der Waals surface area contributed by atoms with Crippen molar-refractivity contribution < 1.29 is 14.2 Å². The van der Waals surface area contributed by atoms with Crippen LogP contribution in [0.15, 0.2) is 45.1 Å². The van der Waals surface area contributed by atoms with Gasteiger partial charge in [-0.3, -0.25) is 4.99 Å². The van der Waals surface area contributed by atoms with E-state index < -0.39 is 0 Å². The first-order valence-corrected chi connectivity index (χ1v) is 10.5. The Morgan fingerprint density at radius 3 is 2.32 bits per heavy atom. The van der Waals surface area contributed by atoms with Gasteiger partial charge in [0.05, 0.1) is 37.6 Å². The largest absolute Gasteiger partial charge is 0.493 e. The minimum absolute atomic E-state index is 0.562. The zero-order valence-corrected chi connectivity index (χ0v) is 18.2. The van der Waals surface area contributed by atoms with Crippen LogP contribution in [-0.4, -0.2) is 38.3 Å². The molecule has 3 aromatic rings. The van der Waals surface area contributed by atoms with Crippen molar-refractivity contribution in [3.05, 3.63) is 44.7 Å². The van der Waals surface area contributed by atoms with Gasteiger partial charge in [-0.1, -0.05) is 6.07 Å². The second-order valence-electron chi connectivity index (χ2n) is 5.77. The van der Waals surface area contributed by atoms with Gasteiger partial charge in [0, 0.05) is 17.5 Å². The summed E-state index contributed by atoms with van der Waals surface area (Å²) in [5.74, 6) is 1.76. The van der Waals surface area contributed by atoms with Gasteiger partial charge in [-0.15, -0.1) is 22.7 Å². The highest BCUT2D eigenvalue weighted by molar-refractivity contribution is 7.12. The van der Waals surface area contributed by atoms with Crippen LogP contribution in [0.25, 0.3) is 11.3 Å². The molecule has 1 aromatic carbocycles. The fraction of sp³-hybridized carbons (Fsp3) is 0.300. The fourth-order valence-corrected chi connectivity index (χ4v) is 4.32. The molecule has 0 amide bonds. The van der Waals surface area contributed by atoms with Crippen molar-refractivity contribution in [2.24, 2.45) is 10.1 Å². The van der Waals surface area contributed by atoms with E-state index in [0.29, 0.717) is 23.8 Å². The lowest BCUT2D eigenvalue weighted by Gasteiger charge is -2.14. The van der Waals surface area contributed by atoms with Crippen molar-refractivity contribution in [1.82, 2.24) is 4.68 Å². The molecule has 0 spiro atoms. The van der Waals surface area contributed by atoms with E-state index in [1.165, 1.54) is 0 Å². The zero-order chi connectivity index (χ0) is 20.1. The number of nitrogens with zero attached hydrogens (tertiary/aromatic N) is 3. The van der Waals surface area contributed by atoms with Crippen LogP contribution in [0.5, 0.6) is 17.2 Å². The summed E-state index contributed by atoms with van der Waals surface area (Å²) in [7, 11) is 4.82. The molecule has 0 aliphatic carbocycles. The van der Waals surface area contributed by atoms with Crippen LogP contribution in [0, 0.1) is 0 Å². The molecule has 0 N–H and O–H groups in total. The fourth-order valence-electron chi connectivity index (χ4n) is 2.75. The molecule has 28 heavy (non-hydrogen) atoms. The second kappa shape index (κ2) is 9.07. The van der Waals surface area contributed by atoms with Crippen LogP contribution in [0.4, 0.5) is 0 Å². The van der Waals surface area contributed by atoms with Crippen molar-refractivity contribution in [2.45, 2.75) is 13.8 Å². The first kappa shape index (κ1) is 20.2. The highest BCUT2D eigenvalue weighted by Gasteiger charge is 2.17. The Bertz CT molecular complexity index is 1010. The number of methoxy groups -OCH3 is 3. The van der Waals surface area contributed by atoms with E-state index in [0.717, 1.165) is 26.6 Å². The number of aromatic nitrogens is 1. The Morgan fingerprint density at radius 2 is 1.79 bits per heavy atom. The summed E-state index contributed by atoms with van der Waals surface area (Å²) in [6.07, 6.45) is 0. The van der Waals surface area contributed by atoms with Gasteiger partial charge in [0.2, 0.25) is 10.6 Å². The molecule has 2 aromatic heterocycles. The van der Waals surface area contributed by atoms with Crippen molar-refractivity contribution in [1.29, 1.82) is 0 Å². The predicted octanol–water partition coefficient (Wildman–Crippen LogP) is 4.50. The molecule has 0 atom stereocenters. The molecule has 0 aliphatic rings. The van der Waals surface area contributed by atoms with Crippen LogP contribution in [-0.2, 0) is 0 Å². The van der Waals surface area contributed by atoms with Gasteiger partial charge in [0.15, 0.2) is 11.5 Å².